The maximum absolute atomic E-state index is 12.1. The fourth-order valence-electron chi connectivity index (χ4n) is 4.50. The summed E-state index contributed by atoms with van der Waals surface area (Å²) in [5, 5.41) is 0. The van der Waals surface area contributed by atoms with Crippen molar-refractivity contribution < 1.29 is 14.3 Å². The molecule has 2 aromatic rings. The lowest BCUT2D eigenvalue weighted by atomic mass is 9.90. The molecular weight excluding hydrogens is 534 g/mol. The Hall–Kier alpha value is -1.37. The monoisotopic (exact) mass is 565 g/mol. The molecule has 0 atom stereocenters. The van der Waals surface area contributed by atoms with Gasteiger partial charge in [0.25, 0.3) is 0 Å². The van der Waals surface area contributed by atoms with Gasteiger partial charge in [-0.25, -0.2) is 0 Å². The molecule has 174 valence electrons. The number of hydrogen-bond donors (Lipinski definition) is 0. The van der Waals surface area contributed by atoms with Crippen molar-refractivity contribution in [2.75, 3.05) is 32.8 Å². The molecule has 4 rings (SSSR count). The van der Waals surface area contributed by atoms with Crippen molar-refractivity contribution in [3.8, 4) is 11.5 Å². The number of ether oxygens (including phenoxy) is 2. The molecule has 0 N–H and O–H groups in total. The van der Waals surface area contributed by atoms with E-state index in [0.29, 0.717) is 13.0 Å². The second-order valence-corrected chi connectivity index (χ2v) is 9.56. The second-order valence-electron chi connectivity index (χ2n) is 8.70. The van der Waals surface area contributed by atoms with Crippen LogP contribution in [-0.2, 0) is 12.8 Å². The Kier molecular flexibility index (Phi) is 9.62. The maximum atomic E-state index is 12.1. The molecule has 0 saturated carbocycles. The van der Waals surface area contributed by atoms with Gasteiger partial charge in [0.2, 0.25) is 0 Å². The fourth-order valence-corrected chi connectivity index (χ4v) is 4.86. The molecule has 32 heavy (non-hydrogen) atoms. The molecule has 2 aromatic carbocycles. The summed E-state index contributed by atoms with van der Waals surface area (Å²) in [5.74, 6) is 2.65. The average molecular weight is 567 g/mol. The third kappa shape index (κ3) is 6.58. The van der Waals surface area contributed by atoms with Crippen molar-refractivity contribution in [2.24, 2.45) is 5.92 Å². The zero-order valence-electron chi connectivity index (χ0n) is 18.8. The van der Waals surface area contributed by atoms with E-state index in [4.69, 9.17) is 9.47 Å². The van der Waals surface area contributed by atoms with E-state index in [9.17, 15) is 4.79 Å². The predicted molar refractivity (Wildman–Crippen MR) is 138 cm³/mol. The highest BCUT2D eigenvalue weighted by molar-refractivity contribution is 9.10. The lowest BCUT2D eigenvalue weighted by Gasteiger charge is -2.32. The topological polar surface area (TPSA) is 38.8 Å². The van der Waals surface area contributed by atoms with Gasteiger partial charge in [-0.3, -0.25) is 4.79 Å². The van der Waals surface area contributed by atoms with E-state index in [1.54, 1.807) is 0 Å². The first-order valence-electron chi connectivity index (χ1n) is 11.5. The summed E-state index contributed by atoms with van der Waals surface area (Å²) < 4.78 is 12.5. The maximum Gasteiger partial charge on any atom is 0.170 e. The van der Waals surface area contributed by atoms with Crippen LogP contribution in [0.2, 0.25) is 0 Å². The molecule has 2 aliphatic heterocycles. The molecule has 2 heterocycles. The van der Waals surface area contributed by atoms with E-state index >= 15 is 0 Å². The quantitative estimate of drug-likeness (QED) is 0.377. The number of halogens is 2. The van der Waals surface area contributed by atoms with Crippen LogP contribution in [0.4, 0.5) is 0 Å². The first kappa shape index (κ1) is 25.3. The molecule has 0 amide bonds. The van der Waals surface area contributed by atoms with Crippen molar-refractivity contribution in [1.29, 1.82) is 0 Å². The van der Waals surface area contributed by atoms with Crippen molar-refractivity contribution in [3.63, 3.8) is 0 Å². The summed E-state index contributed by atoms with van der Waals surface area (Å²) in [6, 6.07) is 12.6. The normalized spacial score (nSPS) is 16.8. The van der Waals surface area contributed by atoms with Crippen LogP contribution in [0.15, 0.2) is 40.9 Å². The zero-order valence-corrected chi connectivity index (χ0v) is 22.1. The van der Waals surface area contributed by atoms with E-state index < -0.39 is 0 Å². The van der Waals surface area contributed by atoms with Crippen LogP contribution in [0.25, 0.3) is 0 Å². The summed E-state index contributed by atoms with van der Waals surface area (Å²) in [4.78, 5) is 14.7. The summed E-state index contributed by atoms with van der Waals surface area (Å²) in [5.41, 5.74) is 3.36. The Balaban J connectivity index is 0.00000289. The highest BCUT2D eigenvalue weighted by Gasteiger charge is 2.21. The third-order valence-electron chi connectivity index (χ3n) is 6.34. The molecule has 1 fully saturated rings. The third-order valence-corrected chi connectivity index (χ3v) is 6.99. The van der Waals surface area contributed by atoms with Gasteiger partial charge in [0.05, 0.1) is 23.2 Å². The van der Waals surface area contributed by atoms with Gasteiger partial charge in [-0.05, 0) is 102 Å². The minimum Gasteiger partial charge on any atom is -0.492 e. The first-order chi connectivity index (χ1) is 15.1. The molecule has 0 unspecified atom stereocenters. The Morgan fingerprint density at radius 3 is 2.69 bits per heavy atom. The number of Topliss-reactive ketones (excluding diaryl/α,β-unsaturated/α-hetero) is 1. The number of hydrogen-bond acceptors (Lipinski definition) is 4. The van der Waals surface area contributed by atoms with E-state index in [1.165, 1.54) is 24.0 Å². The SMILES string of the molecule is Br.CCCOc1cc(CC2CCN(CCc3ccc4c(c3)C(=O)CCO4)CC2)ccc1Br. The minimum atomic E-state index is 0. The van der Waals surface area contributed by atoms with Crippen LogP contribution in [0, 0.1) is 5.92 Å². The summed E-state index contributed by atoms with van der Waals surface area (Å²) in [7, 11) is 0. The lowest BCUT2D eigenvalue weighted by Crippen LogP contribution is -2.35. The zero-order chi connectivity index (χ0) is 21.6. The number of benzene rings is 2. The van der Waals surface area contributed by atoms with Crippen LogP contribution >= 0.6 is 32.9 Å². The van der Waals surface area contributed by atoms with Gasteiger partial charge in [0, 0.05) is 13.0 Å². The summed E-state index contributed by atoms with van der Waals surface area (Å²) in [6.45, 7) is 6.74. The first-order valence-corrected chi connectivity index (χ1v) is 12.3. The smallest absolute Gasteiger partial charge is 0.170 e. The molecule has 6 heteroatoms. The predicted octanol–water partition coefficient (Wildman–Crippen LogP) is 6.28. The fraction of sp³-hybridized carbons (Fsp3) is 0.500. The van der Waals surface area contributed by atoms with Crippen molar-refractivity contribution in [1.82, 2.24) is 4.90 Å². The minimum absolute atomic E-state index is 0. The van der Waals surface area contributed by atoms with E-state index in [-0.39, 0.29) is 22.8 Å². The molecule has 0 aromatic heterocycles. The van der Waals surface area contributed by atoms with E-state index in [0.717, 1.165) is 73.0 Å². The van der Waals surface area contributed by atoms with Gasteiger partial charge < -0.3 is 14.4 Å². The molecular formula is C26H33Br2NO3. The number of carbonyl (C=O) groups excluding carboxylic acids is 1. The number of carbonyl (C=O) groups is 1. The van der Waals surface area contributed by atoms with Gasteiger partial charge in [0.1, 0.15) is 11.5 Å². The van der Waals surface area contributed by atoms with Crippen LogP contribution in [-0.4, -0.2) is 43.5 Å². The van der Waals surface area contributed by atoms with E-state index in [1.807, 2.05) is 12.1 Å². The molecule has 1 saturated heterocycles. The van der Waals surface area contributed by atoms with Gasteiger partial charge in [-0.2, -0.15) is 0 Å². The second kappa shape index (κ2) is 12.2. The summed E-state index contributed by atoms with van der Waals surface area (Å²) in [6.07, 6.45) is 6.08. The Morgan fingerprint density at radius 1 is 1.12 bits per heavy atom. The van der Waals surface area contributed by atoms with Crippen LogP contribution in [0.3, 0.4) is 0 Å². The van der Waals surface area contributed by atoms with Crippen molar-refractivity contribution in [3.05, 3.63) is 57.6 Å². The van der Waals surface area contributed by atoms with Crippen molar-refractivity contribution in [2.45, 2.75) is 45.4 Å². The number of likely N-dealkylation sites (tertiary alicyclic amines) is 1. The van der Waals surface area contributed by atoms with Crippen LogP contribution < -0.4 is 9.47 Å². The number of piperidine rings is 1. The standard InChI is InChI=1S/C26H32BrNO3.BrH/c1-2-14-30-26-18-21(3-5-23(26)27)16-20-8-12-28(13-9-20)11-7-19-4-6-25-22(17-19)24(29)10-15-31-25;/h3-6,17-18,20H,2,7-16H2,1H3;1H. The highest BCUT2D eigenvalue weighted by Crippen LogP contribution is 2.30. The number of fused-ring (bicyclic) bond motifs is 1. The van der Waals surface area contributed by atoms with Gasteiger partial charge in [-0.15, -0.1) is 17.0 Å². The van der Waals surface area contributed by atoms with Crippen molar-refractivity contribution >= 4 is 38.7 Å². The highest BCUT2D eigenvalue weighted by atomic mass is 79.9. The average Bonchev–Trinajstić information content (AvgIpc) is 2.79. The Morgan fingerprint density at radius 2 is 1.91 bits per heavy atom. The number of rotatable bonds is 8. The molecule has 0 aliphatic carbocycles. The molecule has 0 bridgehead atoms. The lowest BCUT2D eigenvalue weighted by molar-refractivity contribution is 0.0933. The molecule has 0 radical (unpaired) electrons. The number of nitrogens with zero attached hydrogens (tertiary/aromatic N) is 1. The number of ketones is 1. The Labute approximate surface area is 210 Å². The Bertz CT molecular complexity index is 910. The summed E-state index contributed by atoms with van der Waals surface area (Å²) >= 11 is 3.60. The largest absolute Gasteiger partial charge is 0.492 e. The molecule has 4 nitrogen and oxygen atoms in total. The van der Waals surface area contributed by atoms with Crippen LogP contribution in [0.1, 0.15) is 54.1 Å². The molecule has 0 spiro atoms. The van der Waals surface area contributed by atoms with Crippen LogP contribution in [0.5, 0.6) is 11.5 Å². The molecule has 2 aliphatic rings. The van der Waals surface area contributed by atoms with E-state index in [2.05, 4.69) is 52.0 Å². The van der Waals surface area contributed by atoms with Gasteiger partial charge in [0.15, 0.2) is 5.78 Å². The van der Waals surface area contributed by atoms with Gasteiger partial charge >= 0.3 is 0 Å². The van der Waals surface area contributed by atoms with Gasteiger partial charge in [-0.1, -0.05) is 19.1 Å².